The molecule has 0 aliphatic heterocycles. The van der Waals surface area contributed by atoms with Crippen LogP contribution in [0, 0.1) is 0 Å². The van der Waals surface area contributed by atoms with Crippen LogP contribution in [0.4, 0.5) is 0 Å². The summed E-state index contributed by atoms with van der Waals surface area (Å²) in [5, 5.41) is 3.51. The molecule has 0 bridgehead atoms. The van der Waals surface area contributed by atoms with Crippen molar-refractivity contribution in [1.82, 2.24) is 0 Å². The number of aryl methyl sites for hydroxylation is 1. The first kappa shape index (κ1) is 22.6. The summed E-state index contributed by atoms with van der Waals surface area (Å²) in [6.07, 6.45) is 8.83. The van der Waals surface area contributed by atoms with Crippen LogP contribution in [0.5, 0.6) is 0 Å². The molecule has 0 saturated carbocycles. The van der Waals surface area contributed by atoms with Crippen LogP contribution in [0.15, 0.2) is 53.9 Å². The quantitative estimate of drug-likeness (QED) is 0.447. The Morgan fingerprint density at radius 1 is 0.929 bits per heavy atom. The van der Waals surface area contributed by atoms with E-state index in [1.807, 2.05) is 6.07 Å². The van der Waals surface area contributed by atoms with Crippen molar-refractivity contribution in [1.29, 1.82) is 0 Å². The van der Waals surface area contributed by atoms with Gasteiger partial charge in [0.15, 0.2) is 0 Å². The molecule has 0 fully saturated rings. The third kappa shape index (κ3) is 7.38. The fourth-order valence-electron chi connectivity index (χ4n) is 3.27. The Kier molecular flexibility index (Phi) is 9.15. The Balaban J connectivity index is 2.47. The Labute approximate surface area is 172 Å². The van der Waals surface area contributed by atoms with Crippen LogP contribution >= 0.6 is 0 Å². The van der Waals surface area contributed by atoms with E-state index >= 15 is 0 Å². The lowest BCUT2D eigenvalue weighted by atomic mass is 9.94. The van der Waals surface area contributed by atoms with Crippen molar-refractivity contribution in [2.24, 2.45) is 0 Å². The molecule has 28 heavy (non-hydrogen) atoms. The number of allylic oxidation sites excluding steroid dienone is 1. The minimum absolute atomic E-state index is 0.502. The van der Waals surface area contributed by atoms with Gasteiger partial charge in [-0.3, -0.25) is 4.55 Å². The summed E-state index contributed by atoms with van der Waals surface area (Å²) in [7, 11) is -3.55. The van der Waals surface area contributed by atoms with Crippen LogP contribution in [0.2, 0.25) is 0 Å². The molecule has 0 heterocycles. The van der Waals surface area contributed by atoms with Crippen LogP contribution in [-0.2, 0) is 29.4 Å². The second-order valence-corrected chi connectivity index (χ2v) is 9.66. The summed E-state index contributed by atoms with van der Waals surface area (Å²) in [5.74, 6) is 0. The summed E-state index contributed by atoms with van der Waals surface area (Å²) in [6.45, 7) is 4.43. The van der Waals surface area contributed by atoms with Crippen LogP contribution < -0.4 is 10.4 Å². The average molecular weight is 415 g/mol. The van der Waals surface area contributed by atoms with Crippen LogP contribution in [-0.4, -0.2) is 22.5 Å². The van der Waals surface area contributed by atoms with E-state index in [4.69, 9.17) is 4.55 Å². The lowest BCUT2D eigenvalue weighted by Gasteiger charge is -2.19. The lowest BCUT2D eigenvalue weighted by Crippen LogP contribution is -2.33. The van der Waals surface area contributed by atoms with Gasteiger partial charge in [0.25, 0.3) is 10.1 Å². The summed E-state index contributed by atoms with van der Waals surface area (Å²) < 4.78 is 31.1. The van der Waals surface area contributed by atoms with Gasteiger partial charge < -0.3 is 0 Å². The van der Waals surface area contributed by atoms with Gasteiger partial charge in [0.1, 0.15) is 9.52 Å². The summed E-state index contributed by atoms with van der Waals surface area (Å²) in [6, 6.07) is 14.8. The SMILES string of the molecule is CCCCc1ccc(CC=CS(=O)(=O)O)c([Si]c2ccccc2)c1CCCC. The highest BCUT2D eigenvalue weighted by molar-refractivity contribution is 7.88. The molecular formula is C23H30O3SSi. The molecule has 0 amide bonds. The van der Waals surface area contributed by atoms with Crippen molar-refractivity contribution < 1.29 is 13.0 Å². The van der Waals surface area contributed by atoms with E-state index in [0.29, 0.717) is 15.9 Å². The minimum Gasteiger partial charge on any atom is -0.282 e. The molecule has 0 aliphatic carbocycles. The smallest absolute Gasteiger partial charge is 0.282 e. The Morgan fingerprint density at radius 3 is 2.21 bits per heavy atom. The van der Waals surface area contributed by atoms with Gasteiger partial charge in [0, 0.05) is 0 Å². The largest absolute Gasteiger partial charge is 0.287 e. The van der Waals surface area contributed by atoms with Gasteiger partial charge in [-0.2, -0.15) is 8.42 Å². The van der Waals surface area contributed by atoms with Crippen LogP contribution in [0.25, 0.3) is 0 Å². The van der Waals surface area contributed by atoms with E-state index in [0.717, 1.165) is 36.7 Å². The maximum atomic E-state index is 11.0. The minimum atomic E-state index is -4.09. The third-order valence-corrected chi connectivity index (χ3v) is 6.76. The van der Waals surface area contributed by atoms with Crippen molar-refractivity contribution in [2.45, 2.75) is 58.8 Å². The van der Waals surface area contributed by atoms with E-state index in [1.165, 1.54) is 34.3 Å². The Morgan fingerprint density at radius 2 is 1.57 bits per heavy atom. The first-order valence-electron chi connectivity index (χ1n) is 10.0. The predicted octanol–water partition coefficient (Wildman–Crippen LogP) is 3.97. The standard InChI is InChI=1S/C23H30O3SSi/c1-3-5-11-19-16-17-20(12-10-18-27(24,25)26)23(22(19)15-6-4-2)28-21-13-8-7-9-14-21/h7-10,13-14,16-18H,3-6,11-12,15H2,1-2H3,(H,24,25,26). The normalized spacial score (nSPS) is 12.0. The van der Waals surface area contributed by atoms with Crippen molar-refractivity contribution in [3.63, 3.8) is 0 Å². The van der Waals surface area contributed by atoms with Gasteiger partial charge in [-0.05, 0) is 48.8 Å². The van der Waals surface area contributed by atoms with Crippen LogP contribution in [0.1, 0.15) is 56.2 Å². The average Bonchev–Trinajstić information content (AvgIpc) is 2.66. The summed E-state index contributed by atoms with van der Waals surface area (Å²) >= 11 is 0. The molecule has 1 N–H and O–H groups in total. The molecule has 0 unspecified atom stereocenters. The first-order valence-corrected chi connectivity index (χ1v) is 12.5. The van der Waals surface area contributed by atoms with E-state index in [1.54, 1.807) is 6.08 Å². The predicted molar refractivity (Wildman–Crippen MR) is 120 cm³/mol. The molecule has 2 radical (unpaired) electrons. The molecule has 2 rings (SSSR count). The van der Waals surface area contributed by atoms with Crippen molar-refractivity contribution in [3.05, 3.63) is 70.6 Å². The topological polar surface area (TPSA) is 54.4 Å². The highest BCUT2D eigenvalue weighted by atomic mass is 32.2. The van der Waals surface area contributed by atoms with Gasteiger partial charge in [-0.1, -0.05) is 85.6 Å². The number of benzene rings is 2. The third-order valence-electron chi connectivity index (χ3n) is 4.73. The number of hydrogen-bond donors (Lipinski definition) is 1. The van der Waals surface area contributed by atoms with Crippen LogP contribution in [0.3, 0.4) is 0 Å². The molecule has 2 aromatic rings. The molecule has 0 atom stereocenters. The monoisotopic (exact) mass is 414 g/mol. The summed E-state index contributed by atoms with van der Waals surface area (Å²) in [4.78, 5) is 0. The fraction of sp³-hybridized carbons (Fsp3) is 0.391. The maximum absolute atomic E-state index is 11.0. The number of unbranched alkanes of at least 4 members (excludes halogenated alkanes) is 2. The number of rotatable bonds is 11. The highest BCUT2D eigenvalue weighted by Gasteiger charge is 2.14. The van der Waals surface area contributed by atoms with Gasteiger partial charge in [-0.25, -0.2) is 0 Å². The van der Waals surface area contributed by atoms with Gasteiger partial charge >= 0.3 is 0 Å². The molecule has 0 saturated heterocycles. The zero-order valence-electron chi connectivity index (χ0n) is 16.8. The van der Waals surface area contributed by atoms with Crippen molar-refractivity contribution in [2.75, 3.05) is 0 Å². The maximum Gasteiger partial charge on any atom is 0.287 e. The van der Waals surface area contributed by atoms with Gasteiger partial charge in [0.05, 0.1) is 5.41 Å². The first-order chi connectivity index (χ1) is 13.4. The highest BCUT2D eigenvalue weighted by Crippen LogP contribution is 2.17. The van der Waals surface area contributed by atoms with Crippen molar-refractivity contribution >= 4 is 30.0 Å². The Hall–Kier alpha value is -1.69. The van der Waals surface area contributed by atoms with E-state index in [-0.39, 0.29) is 0 Å². The van der Waals surface area contributed by atoms with E-state index in [2.05, 4.69) is 50.2 Å². The molecule has 0 spiro atoms. The fourth-order valence-corrected chi connectivity index (χ4v) is 5.04. The van der Waals surface area contributed by atoms with Crippen molar-refractivity contribution in [3.8, 4) is 0 Å². The van der Waals surface area contributed by atoms with Gasteiger partial charge in [-0.15, -0.1) is 0 Å². The summed E-state index contributed by atoms with van der Waals surface area (Å²) in [5.41, 5.74) is 4.01. The molecule has 3 nitrogen and oxygen atoms in total. The molecule has 150 valence electrons. The van der Waals surface area contributed by atoms with Gasteiger partial charge in [0.2, 0.25) is 0 Å². The van der Waals surface area contributed by atoms with E-state index < -0.39 is 10.1 Å². The zero-order valence-corrected chi connectivity index (χ0v) is 18.6. The molecule has 0 aliphatic rings. The molecule has 2 aromatic carbocycles. The number of hydrogen-bond acceptors (Lipinski definition) is 2. The Bertz CT molecular complexity index is 874. The molecule has 0 aromatic heterocycles. The second-order valence-electron chi connectivity index (χ2n) is 7.03. The molecular weight excluding hydrogens is 384 g/mol. The zero-order chi connectivity index (χ0) is 20.4. The molecule has 5 heteroatoms. The lowest BCUT2D eigenvalue weighted by molar-refractivity contribution is 0.494. The van der Waals surface area contributed by atoms with E-state index in [9.17, 15) is 8.42 Å². The second kappa shape index (κ2) is 11.3.